The number of nitrogens with zero attached hydrogens (tertiary/aromatic N) is 2. The minimum Gasteiger partial charge on any atom is -0.341 e. The molecule has 2 aliphatic heterocycles. The van der Waals surface area contributed by atoms with E-state index in [1.807, 2.05) is 0 Å². The van der Waals surface area contributed by atoms with Crippen LogP contribution in [0.4, 0.5) is 0 Å². The number of hydrogen-bond donors (Lipinski definition) is 0. The molecule has 0 N–H and O–H groups in total. The summed E-state index contributed by atoms with van der Waals surface area (Å²) in [4.78, 5) is 14.5. The number of amides is 1. The highest BCUT2D eigenvalue weighted by molar-refractivity contribution is 7.91. The van der Waals surface area contributed by atoms with Crippen LogP contribution in [0.3, 0.4) is 0 Å². The molecule has 0 saturated carbocycles. The third kappa shape index (κ3) is 3.04. The first-order valence-electron chi connectivity index (χ1n) is 7.56. The third-order valence-electron chi connectivity index (χ3n) is 4.27. The molecule has 3 heterocycles. The lowest BCUT2D eigenvalue weighted by Crippen LogP contribution is -2.52. The van der Waals surface area contributed by atoms with Crippen LogP contribution in [0.15, 0.2) is 16.3 Å². The van der Waals surface area contributed by atoms with Crippen LogP contribution in [0.5, 0.6) is 0 Å². The Hall–Kier alpha value is -0.630. The maximum atomic E-state index is 12.8. The van der Waals surface area contributed by atoms with Crippen LogP contribution in [0.2, 0.25) is 4.34 Å². The van der Waals surface area contributed by atoms with Crippen molar-refractivity contribution < 1.29 is 13.2 Å². The van der Waals surface area contributed by atoms with Crippen molar-refractivity contribution in [3.8, 4) is 0 Å². The van der Waals surface area contributed by atoms with Crippen molar-refractivity contribution >= 4 is 38.9 Å². The van der Waals surface area contributed by atoms with Crippen LogP contribution < -0.4 is 0 Å². The van der Waals surface area contributed by atoms with Gasteiger partial charge in [0.2, 0.25) is 5.91 Å². The average molecular weight is 363 g/mol. The summed E-state index contributed by atoms with van der Waals surface area (Å²) in [6, 6.07) is 2.55. The minimum absolute atomic E-state index is 0.0385. The molecular formula is C14H19ClN2O3S2. The molecule has 3 rings (SSSR count). The van der Waals surface area contributed by atoms with E-state index < -0.39 is 16.1 Å². The Kier molecular flexibility index (Phi) is 4.77. The molecular weight excluding hydrogens is 344 g/mol. The number of halogens is 1. The van der Waals surface area contributed by atoms with Crippen LogP contribution in [-0.2, 0) is 14.8 Å². The fourth-order valence-corrected chi connectivity index (χ4v) is 6.40. The standard InChI is InChI=1S/C14H19ClN2O3S2/c15-12-6-7-13(21-12)22(19,20)17-10-2-1-5-11(17)14(18)16-8-3-4-9-16/h6-7,11H,1-5,8-10H2/t11-/m1/s1. The van der Waals surface area contributed by atoms with Crippen molar-refractivity contribution in [3.63, 3.8) is 0 Å². The van der Waals surface area contributed by atoms with Crippen molar-refractivity contribution in [2.24, 2.45) is 0 Å². The molecule has 0 spiro atoms. The number of piperidine rings is 1. The smallest absolute Gasteiger partial charge is 0.253 e. The van der Waals surface area contributed by atoms with Crippen LogP contribution in [0, 0.1) is 0 Å². The number of carbonyl (C=O) groups is 1. The van der Waals surface area contributed by atoms with Gasteiger partial charge in [-0.05, 0) is 37.8 Å². The lowest BCUT2D eigenvalue weighted by Gasteiger charge is -2.35. The maximum absolute atomic E-state index is 12.8. The van der Waals surface area contributed by atoms with Gasteiger partial charge in [0.15, 0.2) is 0 Å². The highest BCUT2D eigenvalue weighted by atomic mass is 35.5. The lowest BCUT2D eigenvalue weighted by atomic mass is 10.0. The molecule has 2 fully saturated rings. The van der Waals surface area contributed by atoms with E-state index in [9.17, 15) is 13.2 Å². The Labute approximate surface area is 139 Å². The molecule has 0 unspecified atom stereocenters. The molecule has 5 nitrogen and oxygen atoms in total. The molecule has 0 aliphatic carbocycles. The number of thiophene rings is 1. The fourth-order valence-electron chi connectivity index (χ4n) is 3.14. The maximum Gasteiger partial charge on any atom is 0.253 e. The Morgan fingerprint density at radius 2 is 1.82 bits per heavy atom. The van der Waals surface area contributed by atoms with Crippen LogP contribution >= 0.6 is 22.9 Å². The highest BCUT2D eigenvalue weighted by Crippen LogP contribution is 2.32. The Morgan fingerprint density at radius 1 is 1.14 bits per heavy atom. The van der Waals surface area contributed by atoms with Gasteiger partial charge in [0, 0.05) is 19.6 Å². The van der Waals surface area contributed by atoms with E-state index in [4.69, 9.17) is 11.6 Å². The van der Waals surface area contributed by atoms with Crippen molar-refractivity contribution in [2.45, 2.75) is 42.4 Å². The van der Waals surface area contributed by atoms with E-state index in [-0.39, 0.29) is 10.1 Å². The summed E-state index contributed by atoms with van der Waals surface area (Å²) in [6.45, 7) is 1.89. The largest absolute Gasteiger partial charge is 0.341 e. The van der Waals surface area contributed by atoms with E-state index in [1.54, 1.807) is 11.0 Å². The monoisotopic (exact) mass is 362 g/mol. The third-order valence-corrected chi connectivity index (χ3v) is 7.87. The molecule has 0 aromatic carbocycles. The topological polar surface area (TPSA) is 57.7 Å². The second-order valence-corrected chi connectivity index (χ2v) is 9.55. The van der Waals surface area contributed by atoms with Gasteiger partial charge in [0.1, 0.15) is 10.3 Å². The summed E-state index contributed by atoms with van der Waals surface area (Å²) < 4.78 is 27.7. The summed E-state index contributed by atoms with van der Waals surface area (Å²) in [6.07, 6.45) is 4.30. The van der Waals surface area contributed by atoms with Gasteiger partial charge in [-0.15, -0.1) is 11.3 Å². The quantitative estimate of drug-likeness (QED) is 0.830. The van der Waals surface area contributed by atoms with Gasteiger partial charge >= 0.3 is 0 Å². The van der Waals surface area contributed by atoms with Gasteiger partial charge < -0.3 is 4.90 Å². The highest BCUT2D eigenvalue weighted by Gasteiger charge is 2.40. The lowest BCUT2D eigenvalue weighted by molar-refractivity contribution is -0.135. The number of carbonyl (C=O) groups excluding carboxylic acids is 1. The molecule has 0 radical (unpaired) electrons. The first-order chi connectivity index (χ1) is 10.5. The summed E-state index contributed by atoms with van der Waals surface area (Å²) in [7, 11) is -3.65. The number of hydrogen-bond acceptors (Lipinski definition) is 4. The van der Waals surface area contributed by atoms with E-state index >= 15 is 0 Å². The second-order valence-electron chi connectivity index (χ2n) is 5.72. The summed E-state index contributed by atoms with van der Waals surface area (Å²) >= 11 is 6.91. The molecule has 1 amide bonds. The van der Waals surface area contributed by atoms with Crippen LogP contribution in [0.1, 0.15) is 32.1 Å². The van der Waals surface area contributed by atoms with E-state index in [0.29, 0.717) is 17.3 Å². The molecule has 1 atom stereocenters. The van der Waals surface area contributed by atoms with Gasteiger partial charge in [-0.2, -0.15) is 4.31 Å². The van der Waals surface area contributed by atoms with Gasteiger partial charge in [0.05, 0.1) is 4.34 Å². The van der Waals surface area contributed by atoms with E-state index in [0.717, 1.165) is 50.1 Å². The summed E-state index contributed by atoms with van der Waals surface area (Å²) in [5.41, 5.74) is 0. The molecule has 22 heavy (non-hydrogen) atoms. The Morgan fingerprint density at radius 3 is 2.45 bits per heavy atom. The minimum atomic E-state index is -3.65. The van der Waals surface area contributed by atoms with E-state index in [1.165, 1.54) is 10.4 Å². The predicted octanol–water partition coefficient (Wildman–Crippen LogP) is 2.57. The zero-order chi connectivity index (χ0) is 15.7. The molecule has 1 aromatic heterocycles. The number of likely N-dealkylation sites (tertiary alicyclic amines) is 1. The summed E-state index contributed by atoms with van der Waals surface area (Å²) in [5, 5.41) is 0. The van der Waals surface area contributed by atoms with Gasteiger partial charge in [0.25, 0.3) is 10.0 Å². The zero-order valence-corrected chi connectivity index (χ0v) is 14.6. The van der Waals surface area contributed by atoms with Crippen LogP contribution in [0.25, 0.3) is 0 Å². The molecule has 122 valence electrons. The predicted molar refractivity (Wildman–Crippen MR) is 86.7 cm³/mol. The summed E-state index contributed by atoms with van der Waals surface area (Å²) in [5.74, 6) is -0.0385. The first kappa shape index (κ1) is 16.2. The number of rotatable bonds is 3. The molecule has 8 heteroatoms. The van der Waals surface area contributed by atoms with Crippen molar-refractivity contribution in [3.05, 3.63) is 16.5 Å². The first-order valence-corrected chi connectivity index (χ1v) is 10.2. The SMILES string of the molecule is O=C([C@H]1CCCCN1S(=O)(=O)c1ccc(Cl)s1)N1CCCC1. The molecule has 0 bridgehead atoms. The van der Waals surface area contributed by atoms with Crippen molar-refractivity contribution in [1.82, 2.24) is 9.21 Å². The number of sulfonamides is 1. The van der Waals surface area contributed by atoms with Crippen molar-refractivity contribution in [2.75, 3.05) is 19.6 Å². The van der Waals surface area contributed by atoms with Crippen LogP contribution in [-0.4, -0.2) is 49.2 Å². The normalized spacial score (nSPS) is 23.9. The Bertz CT molecular complexity index is 653. The van der Waals surface area contributed by atoms with Gasteiger partial charge in [-0.25, -0.2) is 8.42 Å². The molecule has 2 aliphatic rings. The second kappa shape index (κ2) is 6.47. The van der Waals surface area contributed by atoms with E-state index in [2.05, 4.69) is 0 Å². The Balaban J connectivity index is 1.87. The van der Waals surface area contributed by atoms with Gasteiger partial charge in [-0.3, -0.25) is 4.79 Å². The molecule has 2 saturated heterocycles. The van der Waals surface area contributed by atoms with Gasteiger partial charge in [-0.1, -0.05) is 18.0 Å². The average Bonchev–Trinajstić information content (AvgIpc) is 3.18. The molecule has 1 aromatic rings. The zero-order valence-electron chi connectivity index (χ0n) is 12.2. The fraction of sp³-hybridized carbons (Fsp3) is 0.643. The van der Waals surface area contributed by atoms with Crippen molar-refractivity contribution in [1.29, 1.82) is 0 Å².